The average Bonchev–Trinajstić information content (AvgIpc) is 2.74. The quantitative estimate of drug-likeness (QED) is 0.759. The summed E-state index contributed by atoms with van der Waals surface area (Å²) < 4.78 is 4.91. The van der Waals surface area contributed by atoms with Crippen LogP contribution in [0.2, 0.25) is 0 Å². The van der Waals surface area contributed by atoms with Crippen LogP contribution in [0.5, 0.6) is 0 Å². The molecule has 8 nitrogen and oxygen atoms in total. The zero-order valence-corrected chi connectivity index (χ0v) is 15.3. The van der Waals surface area contributed by atoms with E-state index in [0.717, 1.165) is 18.9 Å². The van der Waals surface area contributed by atoms with Gasteiger partial charge in [0, 0.05) is 57.8 Å². The Morgan fingerprint density at radius 2 is 1.93 bits per heavy atom. The van der Waals surface area contributed by atoms with Crippen LogP contribution in [0.4, 0.5) is 5.82 Å². The van der Waals surface area contributed by atoms with Crippen molar-refractivity contribution in [2.45, 2.75) is 0 Å². The number of hydrogen-bond acceptors (Lipinski definition) is 6. The molecule has 1 saturated heterocycles. The van der Waals surface area contributed by atoms with Gasteiger partial charge in [-0.15, -0.1) is 0 Å². The fourth-order valence-electron chi connectivity index (χ4n) is 2.91. The van der Waals surface area contributed by atoms with Gasteiger partial charge >= 0.3 is 0 Å². The van der Waals surface area contributed by atoms with Crippen molar-refractivity contribution < 1.29 is 14.3 Å². The number of rotatable bonds is 6. The summed E-state index contributed by atoms with van der Waals surface area (Å²) in [6.45, 7) is 3.46. The van der Waals surface area contributed by atoms with Crippen molar-refractivity contribution >= 4 is 17.6 Å². The van der Waals surface area contributed by atoms with Crippen molar-refractivity contribution in [2.75, 3.05) is 51.3 Å². The van der Waals surface area contributed by atoms with Crippen LogP contribution in [0.1, 0.15) is 20.8 Å². The van der Waals surface area contributed by atoms with Crippen molar-refractivity contribution in [3.8, 4) is 0 Å². The van der Waals surface area contributed by atoms with Gasteiger partial charge < -0.3 is 19.9 Å². The standard InChI is InChI=1S/C19H23N5O3/c1-27-13-8-22-18(25)16-14-15(5-7-20-16)19(26)24-11-9-23(10-12-24)17-4-2-3-6-21-17/h2-7,14H,8-13H2,1H3,(H,22,25). The fraction of sp³-hybridized carbons (Fsp3) is 0.368. The minimum absolute atomic E-state index is 0.0935. The Morgan fingerprint density at radius 1 is 1.11 bits per heavy atom. The summed E-state index contributed by atoms with van der Waals surface area (Å²) in [5, 5.41) is 2.70. The topological polar surface area (TPSA) is 87.7 Å². The first-order valence-corrected chi connectivity index (χ1v) is 8.87. The van der Waals surface area contributed by atoms with E-state index in [0.29, 0.717) is 31.8 Å². The summed E-state index contributed by atoms with van der Waals surface area (Å²) in [7, 11) is 1.57. The van der Waals surface area contributed by atoms with Gasteiger partial charge in [0.2, 0.25) is 0 Å². The van der Waals surface area contributed by atoms with Crippen LogP contribution < -0.4 is 10.2 Å². The number of nitrogens with zero attached hydrogens (tertiary/aromatic N) is 4. The fourth-order valence-corrected chi connectivity index (χ4v) is 2.91. The molecule has 1 aliphatic heterocycles. The molecule has 27 heavy (non-hydrogen) atoms. The van der Waals surface area contributed by atoms with Gasteiger partial charge in [-0.1, -0.05) is 6.07 Å². The minimum atomic E-state index is -0.318. The molecule has 0 aromatic carbocycles. The largest absolute Gasteiger partial charge is 0.383 e. The third-order valence-corrected chi connectivity index (χ3v) is 4.37. The Hall–Kier alpha value is -3.00. The Morgan fingerprint density at radius 3 is 2.63 bits per heavy atom. The van der Waals surface area contributed by atoms with Gasteiger partial charge in [0.05, 0.1) is 6.61 Å². The van der Waals surface area contributed by atoms with E-state index in [4.69, 9.17) is 4.74 Å². The zero-order chi connectivity index (χ0) is 19.1. The summed E-state index contributed by atoms with van der Waals surface area (Å²) in [4.78, 5) is 37.3. The van der Waals surface area contributed by atoms with Crippen molar-refractivity contribution in [1.82, 2.24) is 20.2 Å². The van der Waals surface area contributed by atoms with Gasteiger partial charge in [-0.05, 0) is 24.3 Å². The van der Waals surface area contributed by atoms with E-state index in [9.17, 15) is 9.59 Å². The van der Waals surface area contributed by atoms with Crippen molar-refractivity contribution in [3.05, 3.63) is 54.0 Å². The maximum absolute atomic E-state index is 12.8. The molecule has 0 aliphatic carbocycles. The second-order valence-electron chi connectivity index (χ2n) is 6.15. The summed E-state index contributed by atoms with van der Waals surface area (Å²) in [5.41, 5.74) is 0.692. The molecule has 2 aromatic heterocycles. The summed E-state index contributed by atoms with van der Waals surface area (Å²) in [5.74, 6) is 0.509. The molecule has 142 valence electrons. The molecule has 1 N–H and O–H groups in total. The maximum atomic E-state index is 12.8. The number of pyridine rings is 2. The lowest BCUT2D eigenvalue weighted by Gasteiger charge is -2.35. The predicted molar refractivity (Wildman–Crippen MR) is 101 cm³/mol. The highest BCUT2D eigenvalue weighted by Crippen LogP contribution is 2.14. The van der Waals surface area contributed by atoms with Crippen molar-refractivity contribution in [2.24, 2.45) is 0 Å². The van der Waals surface area contributed by atoms with Crippen LogP contribution in [0.25, 0.3) is 0 Å². The van der Waals surface area contributed by atoms with E-state index < -0.39 is 0 Å². The summed E-state index contributed by atoms with van der Waals surface area (Å²) >= 11 is 0. The van der Waals surface area contributed by atoms with E-state index in [1.54, 1.807) is 24.3 Å². The van der Waals surface area contributed by atoms with Crippen LogP contribution in [0, 0.1) is 0 Å². The molecule has 0 unspecified atom stereocenters. The molecule has 3 heterocycles. The van der Waals surface area contributed by atoms with Gasteiger partial charge in [0.15, 0.2) is 0 Å². The number of nitrogens with one attached hydrogen (secondary N) is 1. The molecule has 1 fully saturated rings. The normalized spacial score (nSPS) is 14.1. The highest BCUT2D eigenvalue weighted by atomic mass is 16.5. The Kier molecular flexibility index (Phi) is 6.32. The van der Waals surface area contributed by atoms with Gasteiger partial charge in [-0.3, -0.25) is 14.6 Å². The number of anilines is 1. The molecule has 3 rings (SSSR count). The zero-order valence-electron chi connectivity index (χ0n) is 15.3. The molecular weight excluding hydrogens is 346 g/mol. The molecule has 2 amide bonds. The van der Waals surface area contributed by atoms with Crippen LogP contribution >= 0.6 is 0 Å². The van der Waals surface area contributed by atoms with Crippen LogP contribution in [0.15, 0.2) is 42.7 Å². The highest BCUT2D eigenvalue weighted by Gasteiger charge is 2.23. The smallest absolute Gasteiger partial charge is 0.269 e. The van der Waals surface area contributed by atoms with E-state index in [2.05, 4.69) is 20.2 Å². The van der Waals surface area contributed by atoms with E-state index in [-0.39, 0.29) is 17.5 Å². The van der Waals surface area contributed by atoms with Crippen LogP contribution in [0.3, 0.4) is 0 Å². The first-order valence-electron chi connectivity index (χ1n) is 8.87. The summed E-state index contributed by atoms with van der Waals surface area (Å²) in [6, 6.07) is 8.98. The molecular formula is C19H23N5O3. The number of piperazine rings is 1. The lowest BCUT2D eigenvalue weighted by Crippen LogP contribution is -2.49. The number of methoxy groups -OCH3 is 1. The second kappa shape index (κ2) is 9.09. The Balaban J connectivity index is 1.60. The predicted octanol–water partition coefficient (Wildman–Crippen LogP) is 0.815. The first-order chi connectivity index (χ1) is 13.2. The summed E-state index contributed by atoms with van der Waals surface area (Å²) in [6.07, 6.45) is 3.26. The molecule has 1 aliphatic rings. The number of amides is 2. The molecule has 0 bridgehead atoms. The lowest BCUT2D eigenvalue weighted by molar-refractivity contribution is 0.0746. The van der Waals surface area contributed by atoms with Gasteiger partial charge in [-0.2, -0.15) is 0 Å². The van der Waals surface area contributed by atoms with Gasteiger partial charge in [0.25, 0.3) is 11.8 Å². The average molecular weight is 369 g/mol. The van der Waals surface area contributed by atoms with E-state index >= 15 is 0 Å². The van der Waals surface area contributed by atoms with E-state index in [1.807, 2.05) is 18.2 Å². The number of carbonyl (C=O) groups is 2. The molecule has 0 saturated carbocycles. The van der Waals surface area contributed by atoms with E-state index in [1.165, 1.54) is 12.3 Å². The van der Waals surface area contributed by atoms with Gasteiger partial charge in [0.1, 0.15) is 11.5 Å². The van der Waals surface area contributed by atoms with Crippen LogP contribution in [-0.2, 0) is 4.74 Å². The molecule has 8 heteroatoms. The Bertz CT molecular complexity index is 776. The molecule has 0 radical (unpaired) electrons. The third-order valence-electron chi connectivity index (χ3n) is 4.37. The lowest BCUT2D eigenvalue weighted by atomic mass is 10.1. The molecule has 0 atom stereocenters. The first kappa shape index (κ1) is 18.8. The number of carbonyl (C=O) groups excluding carboxylic acids is 2. The molecule has 2 aromatic rings. The van der Waals surface area contributed by atoms with Crippen LogP contribution in [-0.4, -0.2) is 73.1 Å². The molecule has 0 spiro atoms. The number of aromatic nitrogens is 2. The van der Waals surface area contributed by atoms with Gasteiger partial charge in [-0.25, -0.2) is 4.98 Å². The monoisotopic (exact) mass is 369 g/mol. The van der Waals surface area contributed by atoms with Crippen molar-refractivity contribution in [3.63, 3.8) is 0 Å². The third kappa shape index (κ3) is 4.79. The highest BCUT2D eigenvalue weighted by molar-refractivity contribution is 5.98. The SMILES string of the molecule is COCCNC(=O)c1cc(C(=O)N2CCN(c3ccccn3)CC2)ccn1. The minimum Gasteiger partial charge on any atom is -0.383 e. The second-order valence-corrected chi connectivity index (χ2v) is 6.15. The Labute approximate surface area is 158 Å². The maximum Gasteiger partial charge on any atom is 0.269 e. The van der Waals surface area contributed by atoms with Crippen molar-refractivity contribution in [1.29, 1.82) is 0 Å². The number of hydrogen-bond donors (Lipinski definition) is 1. The number of ether oxygens (including phenoxy) is 1.